The minimum absolute atomic E-state index is 0.136. The van der Waals surface area contributed by atoms with Gasteiger partial charge in [-0.25, -0.2) is 4.98 Å². The monoisotopic (exact) mass is 354 g/mol. The molecule has 0 bridgehead atoms. The molecule has 0 aliphatic heterocycles. The fourth-order valence-corrected chi connectivity index (χ4v) is 2.07. The van der Waals surface area contributed by atoms with E-state index in [0.29, 0.717) is 29.8 Å². The van der Waals surface area contributed by atoms with Crippen LogP contribution in [0.2, 0.25) is 5.15 Å². The summed E-state index contributed by atoms with van der Waals surface area (Å²) in [5.74, 6) is 0.661. The van der Waals surface area contributed by atoms with Crippen LogP contribution in [0.25, 0.3) is 0 Å². The van der Waals surface area contributed by atoms with Crippen molar-refractivity contribution in [3.05, 3.63) is 58.9 Å². The Balaban J connectivity index is 1.91. The molecule has 5 nitrogen and oxygen atoms in total. The summed E-state index contributed by atoms with van der Waals surface area (Å²) in [5.41, 5.74) is 1.54. The molecule has 0 fully saturated rings. The molecule has 24 heavy (non-hydrogen) atoms. The van der Waals surface area contributed by atoms with Crippen LogP contribution in [-0.4, -0.2) is 24.6 Å². The van der Waals surface area contributed by atoms with Crippen LogP contribution in [0.5, 0.6) is 5.75 Å². The molecule has 2 aromatic rings. The number of benzene rings is 1. The summed E-state index contributed by atoms with van der Waals surface area (Å²) in [6.45, 7) is -2.07. The van der Waals surface area contributed by atoms with E-state index < -0.39 is 6.61 Å². The first-order valence-electron chi connectivity index (χ1n) is 7.16. The molecule has 2 N–H and O–H groups in total. The molecule has 0 aliphatic carbocycles. The minimum Gasteiger partial charge on any atom is -0.434 e. The van der Waals surface area contributed by atoms with Gasteiger partial charge >= 0.3 is 6.61 Å². The number of alkyl halides is 2. The van der Waals surface area contributed by atoms with Crippen molar-refractivity contribution in [3.8, 4) is 5.75 Å². The van der Waals surface area contributed by atoms with Gasteiger partial charge in [0.1, 0.15) is 10.9 Å². The van der Waals surface area contributed by atoms with E-state index in [-0.39, 0.29) is 5.75 Å². The van der Waals surface area contributed by atoms with Gasteiger partial charge in [0, 0.05) is 31.9 Å². The number of pyridine rings is 1. The van der Waals surface area contributed by atoms with E-state index in [9.17, 15) is 8.78 Å². The molecule has 0 aliphatic rings. The fraction of sp³-hybridized carbons (Fsp3) is 0.250. The summed E-state index contributed by atoms with van der Waals surface area (Å²) in [7, 11) is 1.62. The number of aromatic nitrogens is 1. The third-order valence-electron chi connectivity index (χ3n) is 3.11. The van der Waals surface area contributed by atoms with E-state index in [1.165, 1.54) is 6.07 Å². The second-order valence-electron chi connectivity index (χ2n) is 4.75. The summed E-state index contributed by atoms with van der Waals surface area (Å²) in [6, 6.07) is 10.2. The molecule has 0 spiro atoms. The summed E-state index contributed by atoms with van der Waals surface area (Å²) >= 11 is 5.74. The Labute approximate surface area is 143 Å². The van der Waals surface area contributed by atoms with E-state index in [4.69, 9.17) is 11.6 Å². The molecule has 128 valence electrons. The molecule has 0 atom stereocenters. The SMILES string of the molecule is CN=C(NCc1ccc(Cl)nc1)NCc1ccccc1OC(F)F. The van der Waals surface area contributed by atoms with Crippen LogP contribution < -0.4 is 15.4 Å². The van der Waals surface area contributed by atoms with Gasteiger partial charge in [0.05, 0.1) is 0 Å². The molecule has 2 rings (SSSR count). The maximum absolute atomic E-state index is 12.4. The van der Waals surface area contributed by atoms with Gasteiger partial charge in [-0.3, -0.25) is 4.99 Å². The lowest BCUT2D eigenvalue weighted by Gasteiger charge is -2.14. The van der Waals surface area contributed by atoms with E-state index in [0.717, 1.165) is 5.56 Å². The lowest BCUT2D eigenvalue weighted by atomic mass is 10.2. The fourth-order valence-electron chi connectivity index (χ4n) is 1.96. The maximum atomic E-state index is 12.4. The van der Waals surface area contributed by atoms with Crippen molar-refractivity contribution in [2.24, 2.45) is 4.99 Å². The number of guanidine groups is 1. The summed E-state index contributed by atoms with van der Waals surface area (Å²) in [5, 5.41) is 6.58. The molecular weight excluding hydrogens is 338 g/mol. The zero-order chi connectivity index (χ0) is 17.4. The molecule has 8 heteroatoms. The molecule has 1 aromatic carbocycles. The number of rotatable bonds is 6. The van der Waals surface area contributed by atoms with Crippen LogP contribution in [0.4, 0.5) is 8.78 Å². The predicted octanol–water partition coefficient (Wildman–Crippen LogP) is 3.20. The lowest BCUT2D eigenvalue weighted by Crippen LogP contribution is -2.36. The highest BCUT2D eigenvalue weighted by Crippen LogP contribution is 2.19. The van der Waals surface area contributed by atoms with Gasteiger partial charge in [-0.2, -0.15) is 8.78 Å². The first-order valence-corrected chi connectivity index (χ1v) is 7.54. The number of halogens is 3. The Morgan fingerprint density at radius 1 is 1.21 bits per heavy atom. The van der Waals surface area contributed by atoms with E-state index in [1.54, 1.807) is 37.5 Å². The molecule has 0 saturated heterocycles. The Morgan fingerprint density at radius 2 is 1.96 bits per heavy atom. The van der Waals surface area contributed by atoms with Gasteiger partial charge < -0.3 is 15.4 Å². The zero-order valence-electron chi connectivity index (χ0n) is 13.0. The minimum atomic E-state index is -2.86. The Hall–Kier alpha value is -2.41. The molecule has 0 amide bonds. The van der Waals surface area contributed by atoms with Crippen LogP contribution in [0.3, 0.4) is 0 Å². The highest BCUT2D eigenvalue weighted by atomic mass is 35.5. The van der Waals surface area contributed by atoms with Crippen molar-refractivity contribution in [3.63, 3.8) is 0 Å². The average Bonchev–Trinajstić information content (AvgIpc) is 2.57. The Morgan fingerprint density at radius 3 is 2.62 bits per heavy atom. The normalized spacial score (nSPS) is 11.5. The van der Waals surface area contributed by atoms with Crippen molar-refractivity contribution in [1.82, 2.24) is 15.6 Å². The van der Waals surface area contributed by atoms with E-state index >= 15 is 0 Å². The first kappa shape index (κ1) is 17.9. The number of hydrogen-bond acceptors (Lipinski definition) is 3. The van der Waals surface area contributed by atoms with Crippen LogP contribution in [0.1, 0.15) is 11.1 Å². The second kappa shape index (κ2) is 9.02. The third kappa shape index (κ3) is 5.66. The maximum Gasteiger partial charge on any atom is 0.387 e. The van der Waals surface area contributed by atoms with Crippen molar-refractivity contribution in [2.45, 2.75) is 19.7 Å². The number of nitrogens with zero attached hydrogens (tertiary/aromatic N) is 2. The predicted molar refractivity (Wildman–Crippen MR) is 89.4 cm³/mol. The van der Waals surface area contributed by atoms with E-state index in [1.807, 2.05) is 6.07 Å². The smallest absolute Gasteiger partial charge is 0.387 e. The Kier molecular flexibility index (Phi) is 6.74. The number of hydrogen-bond donors (Lipinski definition) is 2. The van der Waals surface area contributed by atoms with Crippen molar-refractivity contribution in [2.75, 3.05) is 7.05 Å². The average molecular weight is 355 g/mol. The summed E-state index contributed by atoms with van der Waals surface area (Å²) in [6.07, 6.45) is 1.66. The van der Waals surface area contributed by atoms with Crippen LogP contribution >= 0.6 is 11.6 Å². The van der Waals surface area contributed by atoms with Gasteiger partial charge in [-0.05, 0) is 17.7 Å². The van der Waals surface area contributed by atoms with Gasteiger partial charge in [-0.1, -0.05) is 35.9 Å². The second-order valence-corrected chi connectivity index (χ2v) is 5.14. The van der Waals surface area contributed by atoms with Gasteiger partial charge in [-0.15, -0.1) is 0 Å². The van der Waals surface area contributed by atoms with Crippen LogP contribution in [-0.2, 0) is 13.1 Å². The molecule has 1 heterocycles. The largest absolute Gasteiger partial charge is 0.434 e. The topological polar surface area (TPSA) is 58.5 Å². The zero-order valence-corrected chi connectivity index (χ0v) is 13.7. The molecule has 0 unspecified atom stereocenters. The third-order valence-corrected chi connectivity index (χ3v) is 3.33. The van der Waals surface area contributed by atoms with Gasteiger partial charge in [0.15, 0.2) is 5.96 Å². The van der Waals surface area contributed by atoms with Crippen LogP contribution in [0.15, 0.2) is 47.6 Å². The van der Waals surface area contributed by atoms with Crippen molar-refractivity contribution in [1.29, 1.82) is 0 Å². The number of para-hydroxylation sites is 1. The van der Waals surface area contributed by atoms with E-state index in [2.05, 4.69) is 25.3 Å². The quantitative estimate of drug-likeness (QED) is 0.475. The number of ether oxygens (including phenoxy) is 1. The standard InChI is InChI=1S/C16H17ClF2N4O/c1-20-16(22-9-11-6-7-14(17)21-8-11)23-10-12-4-2-3-5-13(12)24-15(18)19/h2-8,15H,9-10H2,1H3,(H2,20,22,23). The summed E-state index contributed by atoms with van der Waals surface area (Å²) < 4.78 is 29.3. The molecule has 0 radical (unpaired) electrons. The summed E-state index contributed by atoms with van der Waals surface area (Å²) in [4.78, 5) is 8.08. The van der Waals surface area contributed by atoms with Crippen molar-refractivity contribution < 1.29 is 13.5 Å². The van der Waals surface area contributed by atoms with Gasteiger partial charge in [0.2, 0.25) is 0 Å². The van der Waals surface area contributed by atoms with Gasteiger partial charge in [0.25, 0.3) is 0 Å². The van der Waals surface area contributed by atoms with Crippen molar-refractivity contribution >= 4 is 17.6 Å². The highest BCUT2D eigenvalue weighted by Gasteiger charge is 2.09. The van der Waals surface area contributed by atoms with Crippen LogP contribution in [0, 0.1) is 0 Å². The number of aliphatic imine (C=N–C) groups is 1. The molecular formula is C16H17ClF2N4O. The Bertz CT molecular complexity index is 680. The first-order chi connectivity index (χ1) is 11.6. The molecule has 1 aromatic heterocycles. The molecule has 0 saturated carbocycles. The number of nitrogens with one attached hydrogen (secondary N) is 2. The highest BCUT2D eigenvalue weighted by molar-refractivity contribution is 6.29. The lowest BCUT2D eigenvalue weighted by molar-refractivity contribution is -0.0504.